The highest BCUT2D eigenvalue weighted by Gasteiger charge is 2.55. The van der Waals surface area contributed by atoms with Crippen LogP contribution in [0.3, 0.4) is 0 Å². The maximum Gasteiger partial charge on any atom is 0.174 e. The van der Waals surface area contributed by atoms with E-state index in [-0.39, 0.29) is 11.3 Å². The smallest absolute Gasteiger partial charge is 0.174 e. The zero-order valence-electron chi connectivity index (χ0n) is 10.9. The van der Waals surface area contributed by atoms with Crippen molar-refractivity contribution < 1.29 is 14.6 Å². The lowest BCUT2D eigenvalue weighted by molar-refractivity contribution is -0.261. The third-order valence-corrected chi connectivity index (χ3v) is 4.07. The van der Waals surface area contributed by atoms with Crippen LogP contribution in [0.15, 0.2) is 0 Å². The molecule has 0 amide bonds. The summed E-state index contributed by atoms with van der Waals surface area (Å²) >= 11 is 0. The number of aliphatic hydroxyl groups is 1. The Kier molecular flexibility index (Phi) is 2.84. The fraction of sp³-hybridized carbons (Fsp3) is 1.00. The largest absolute Gasteiger partial charge is 0.390 e. The number of hydrogen-bond donors (Lipinski definition) is 1. The summed E-state index contributed by atoms with van der Waals surface area (Å²) in [6, 6.07) is 0. The average Bonchev–Trinajstić information content (AvgIpc) is 2.58. The fourth-order valence-corrected chi connectivity index (χ4v) is 3.10. The monoisotopic (exact) mass is 228 g/mol. The van der Waals surface area contributed by atoms with Gasteiger partial charge in [-0.25, -0.2) is 0 Å². The van der Waals surface area contributed by atoms with Gasteiger partial charge >= 0.3 is 0 Å². The Morgan fingerprint density at radius 2 is 1.69 bits per heavy atom. The molecule has 1 N–H and O–H groups in total. The van der Waals surface area contributed by atoms with Gasteiger partial charge in [-0.1, -0.05) is 13.8 Å². The average molecular weight is 228 g/mol. The summed E-state index contributed by atoms with van der Waals surface area (Å²) in [5, 5.41) is 10.3. The minimum atomic E-state index is -0.748. The van der Waals surface area contributed by atoms with Crippen LogP contribution in [0.25, 0.3) is 0 Å². The Balaban J connectivity index is 2.25. The zero-order valence-corrected chi connectivity index (χ0v) is 10.9. The molecule has 1 heterocycles. The van der Waals surface area contributed by atoms with Gasteiger partial charge in [-0.3, -0.25) is 0 Å². The summed E-state index contributed by atoms with van der Waals surface area (Å²) in [6.07, 6.45) is 2.95. The van der Waals surface area contributed by atoms with Crippen molar-refractivity contribution in [3.05, 3.63) is 0 Å². The van der Waals surface area contributed by atoms with Crippen molar-refractivity contribution >= 4 is 0 Å². The van der Waals surface area contributed by atoms with E-state index in [1.165, 1.54) is 0 Å². The van der Waals surface area contributed by atoms with Crippen molar-refractivity contribution in [2.24, 2.45) is 11.3 Å². The summed E-state index contributed by atoms with van der Waals surface area (Å²) < 4.78 is 11.7. The van der Waals surface area contributed by atoms with Crippen LogP contribution in [0.5, 0.6) is 0 Å². The molecule has 1 aliphatic carbocycles. The lowest BCUT2D eigenvalue weighted by Gasteiger charge is -2.50. The van der Waals surface area contributed by atoms with E-state index in [9.17, 15) is 5.11 Å². The summed E-state index contributed by atoms with van der Waals surface area (Å²) in [7, 11) is 0. The molecule has 2 aliphatic rings. The van der Waals surface area contributed by atoms with E-state index in [4.69, 9.17) is 9.47 Å². The molecule has 0 radical (unpaired) electrons. The van der Waals surface area contributed by atoms with Gasteiger partial charge in [-0.2, -0.15) is 0 Å². The summed E-state index contributed by atoms with van der Waals surface area (Å²) in [5.41, 5.74) is -0.479. The Bertz CT molecular complexity index is 259. The quantitative estimate of drug-likeness (QED) is 0.748. The Hall–Kier alpha value is -0.120. The van der Waals surface area contributed by atoms with E-state index in [1.807, 2.05) is 13.8 Å². The van der Waals surface area contributed by atoms with E-state index >= 15 is 0 Å². The summed E-state index contributed by atoms with van der Waals surface area (Å²) in [4.78, 5) is 0. The first kappa shape index (κ1) is 12.3. The van der Waals surface area contributed by atoms with Gasteiger partial charge in [-0.05, 0) is 32.1 Å². The van der Waals surface area contributed by atoms with Gasteiger partial charge < -0.3 is 14.6 Å². The Morgan fingerprint density at radius 3 is 2.19 bits per heavy atom. The Morgan fingerprint density at radius 1 is 1.12 bits per heavy atom. The second-order valence-corrected chi connectivity index (χ2v) is 6.58. The lowest BCUT2D eigenvalue weighted by Crippen LogP contribution is -2.54. The van der Waals surface area contributed by atoms with Crippen molar-refractivity contribution in [3.8, 4) is 0 Å². The van der Waals surface area contributed by atoms with Crippen LogP contribution in [-0.4, -0.2) is 29.7 Å². The van der Waals surface area contributed by atoms with E-state index < -0.39 is 11.4 Å². The molecule has 2 rings (SSSR count). The van der Waals surface area contributed by atoms with Gasteiger partial charge in [0.05, 0.1) is 18.8 Å². The van der Waals surface area contributed by atoms with Gasteiger partial charge in [0, 0.05) is 12.3 Å². The Labute approximate surface area is 98.1 Å². The first-order valence-corrected chi connectivity index (χ1v) is 6.26. The van der Waals surface area contributed by atoms with E-state index in [0.29, 0.717) is 13.2 Å². The molecule has 2 fully saturated rings. The molecule has 1 saturated carbocycles. The first-order valence-electron chi connectivity index (χ1n) is 6.26. The molecule has 1 aliphatic heterocycles. The molecule has 0 aromatic carbocycles. The van der Waals surface area contributed by atoms with Gasteiger partial charge in [0.25, 0.3) is 0 Å². The van der Waals surface area contributed by atoms with Gasteiger partial charge in [0.15, 0.2) is 5.79 Å². The van der Waals surface area contributed by atoms with Crippen molar-refractivity contribution in [1.29, 1.82) is 0 Å². The highest BCUT2D eigenvalue weighted by molar-refractivity contribution is 4.99. The van der Waals surface area contributed by atoms with Crippen molar-refractivity contribution in [2.75, 3.05) is 13.2 Å². The highest BCUT2D eigenvalue weighted by atomic mass is 16.7. The molecule has 94 valence electrons. The topological polar surface area (TPSA) is 38.7 Å². The second-order valence-electron chi connectivity index (χ2n) is 6.58. The first-order chi connectivity index (χ1) is 7.25. The van der Waals surface area contributed by atoms with Crippen LogP contribution in [0.1, 0.15) is 47.0 Å². The van der Waals surface area contributed by atoms with Gasteiger partial charge in [0.1, 0.15) is 0 Å². The maximum absolute atomic E-state index is 10.3. The minimum absolute atomic E-state index is 0.0613. The van der Waals surface area contributed by atoms with Crippen molar-refractivity contribution in [2.45, 2.75) is 58.3 Å². The van der Waals surface area contributed by atoms with Crippen LogP contribution in [0.2, 0.25) is 0 Å². The third-order valence-electron chi connectivity index (χ3n) is 4.07. The SMILES string of the molecule is CC1(C)CCC2(OCCO2)[C@H](C(C)(C)O)C1. The summed E-state index contributed by atoms with van der Waals surface area (Å²) in [5.74, 6) is -0.459. The third kappa shape index (κ3) is 2.13. The van der Waals surface area contributed by atoms with Crippen molar-refractivity contribution in [3.63, 3.8) is 0 Å². The molecule has 3 heteroatoms. The van der Waals surface area contributed by atoms with E-state index in [0.717, 1.165) is 19.3 Å². The molecule has 16 heavy (non-hydrogen) atoms. The van der Waals surface area contributed by atoms with Crippen LogP contribution in [-0.2, 0) is 9.47 Å². The standard InChI is InChI=1S/C13H24O3/c1-11(2)5-6-13(15-7-8-16-13)10(9-11)12(3,4)14/h10,14H,5-9H2,1-4H3/t10-/m0/s1. The minimum Gasteiger partial charge on any atom is -0.390 e. The van der Waals surface area contributed by atoms with Crippen molar-refractivity contribution in [1.82, 2.24) is 0 Å². The molecule has 1 saturated heterocycles. The van der Waals surface area contributed by atoms with Crippen LogP contribution >= 0.6 is 0 Å². The molecular weight excluding hydrogens is 204 g/mol. The molecular formula is C13H24O3. The number of hydrogen-bond acceptors (Lipinski definition) is 3. The number of rotatable bonds is 1. The van der Waals surface area contributed by atoms with E-state index in [1.54, 1.807) is 0 Å². The fourth-order valence-electron chi connectivity index (χ4n) is 3.10. The maximum atomic E-state index is 10.3. The van der Waals surface area contributed by atoms with Gasteiger partial charge in [0.2, 0.25) is 0 Å². The highest BCUT2D eigenvalue weighted by Crippen LogP contribution is 2.51. The number of ether oxygens (including phenoxy) is 2. The summed E-state index contributed by atoms with van der Waals surface area (Å²) in [6.45, 7) is 9.57. The molecule has 3 nitrogen and oxygen atoms in total. The normalized spacial score (nSPS) is 33.2. The molecule has 0 unspecified atom stereocenters. The van der Waals surface area contributed by atoms with Gasteiger partial charge in [-0.15, -0.1) is 0 Å². The van der Waals surface area contributed by atoms with Crippen LogP contribution in [0.4, 0.5) is 0 Å². The zero-order chi connectivity index (χ0) is 12.0. The molecule has 1 atom stereocenters. The van der Waals surface area contributed by atoms with Crippen LogP contribution < -0.4 is 0 Å². The molecule has 0 aromatic heterocycles. The molecule has 1 spiro atoms. The second kappa shape index (κ2) is 3.69. The molecule has 0 aromatic rings. The lowest BCUT2D eigenvalue weighted by atomic mass is 9.64. The van der Waals surface area contributed by atoms with E-state index in [2.05, 4.69) is 13.8 Å². The van der Waals surface area contributed by atoms with Crippen LogP contribution in [0, 0.1) is 11.3 Å². The predicted octanol–water partition coefficient (Wildman–Crippen LogP) is 2.33. The molecule has 0 bridgehead atoms. The predicted molar refractivity (Wildman–Crippen MR) is 62.1 cm³/mol.